The van der Waals surface area contributed by atoms with E-state index < -0.39 is 53.8 Å². The summed E-state index contributed by atoms with van der Waals surface area (Å²) in [7, 11) is 0. The summed E-state index contributed by atoms with van der Waals surface area (Å²) in [5, 5.41) is 27.4. The van der Waals surface area contributed by atoms with Crippen LogP contribution in [-0.2, 0) is 36.8 Å². The van der Waals surface area contributed by atoms with Crippen molar-refractivity contribution in [2.45, 2.75) is 62.7 Å². The minimum Gasteiger partial charge on any atom is -0.481 e. The largest absolute Gasteiger partial charge is 0.481 e. The first-order valence-corrected chi connectivity index (χ1v) is 14.7. The predicted octanol–water partition coefficient (Wildman–Crippen LogP) is -0.262. The van der Waals surface area contributed by atoms with Crippen LogP contribution in [0.15, 0.2) is 65.8 Å². The third-order valence-electron chi connectivity index (χ3n) is 7.21. The molecule has 0 spiro atoms. The van der Waals surface area contributed by atoms with E-state index in [1.807, 2.05) is 24.3 Å². The molecule has 1 heterocycles. The molecule has 0 aliphatic rings. The molecule has 0 radical (unpaired) electrons. The topological polar surface area (TPSA) is 268 Å². The van der Waals surface area contributed by atoms with E-state index in [-0.39, 0.29) is 51.0 Å². The highest BCUT2D eigenvalue weighted by Crippen LogP contribution is 2.19. The van der Waals surface area contributed by atoms with Crippen molar-refractivity contribution in [1.82, 2.24) is 20.9 Å². The number of para-hydroxylation sites is 1. The van der Waals surface area contributed by atoms with Crippen LogP contribution < -0.4 is 33.2 Å². The molecule has 3 amide bonds. The van der Waals surface area contributed by atoms with Crippen molar-refractivity contribution in [1.29, 1.82) is 0 Å². The number of carboxylic acids is 2. The van der Waals surface area contributed by atoms with Gasteiger partial charge in [0.05, 0.1) is 6.04 Å². The molecule has 4 atom stereocenters. The number of carbonyl (C=O) groups is 5. The summed E-state index contributed by atoms with van der Waals surface area (Å²) in [4.78, 5) is 70.2. The summed E-state index contributed by atoms with van der Waals surface area (Å²) < 4.78 is 0. The Bertz CT molecular complexity index is 1540. The molecular weight excluding hydrogens is 596 g/mol. The molecular formula is C31H40N8O7. The van der Waals surface area contributed by atoms with Gasteiger partial charge in [-0.05, 0) is 36.5 Å². The lowest BCUT2D eigenvalue weighted by atomic mass is 10.0. The average Bonchev–Trinajstić information content (AvgIpc) is 3.43. The number of benzene rings is 2. The van der Waals surface area contributed by atoms with Gasteiger partial charge in [0.2, 0.25) is 17.7 Å². The second-order valence-electron chi connectivity index (χ2n) is 10.8. The highest BCUT2D eigenvalue weighted by molar-refractivity contribution is 5.95. The van der Waals surface area contributed by atoms with Gasteiger partial charge >= 0.3 is 11.9 Å². The molecule has 0 saturated carbocycles. The molecule has 46 heavy (non-hydrogen) atoms. The number of H-pyrrole nitrogens is 1. The van der Waals surface area contributed by atoms with E-state index in [2.05, 4.69) is 25.9 Å². The lowest BCUT2D eigenvalue weighted by Crippen LogP contribution is -2.57. The molecule has 3 aromatic rings. The number of nitrogens with two attached hydrogens (primary N) is 3. The maximum atomic E-state index is 13.8. The lowest BCUT2D eigenvalue weighted by Gasteiger charge is -2.25. The summed E-state index contributed by atoms with van der Waals surface area (Å²) in [6.45, 7) is 0.141. The number of nitrogens with one attached hydrogen (secondary N) is 4. The standard InChI is InChI=1S/C31H40N8O7/c32-21(12-13-26(40)41)27(42)38-24(16-19-17-36-22-10-5-4-9-20(19)22)29(44)37-23(11-6-14-35-31(33)34)28(43)39-25(30(45)46)15-18-7-2-1-3-8-18/h1-5,7-10,17,21,23-25,36H,6,11-16,32H2,(H,37,44)(H,38,42)(H,39,43)(H,40,41)(H,45,46)(H4,33,34,35). The van der Waals surface area contributed by atoms with Crippen LogP contribution in [0.4, 0.5) is 0 Å². The number of carboxylic acid groups (broad SMARTS) is 2. The van der Waals surface area contributed by atoms with Gasteiger partial charge in [-0.15, -0.1) is 0 Å². The number of amides is 3. The molecule has 0 aliphatic heterocycles. The minimum atomic E-state index is -1.29. The number of aromatic amines is 1. The minimum absolute atomic E-state index is 0.00132. The molecule has 3 rings (SSSR count). The number of rotatable bonds is 18. The van der Waals surface area contributed by atoms with Gasteiger partial charge in [0, 0.05) is 42.9 Å². The lowest BCUT2D eigenvalue weighted by molar-refractivity contribution is -0.142. The Hall–Kier alpha value is -5.44. The van der Waals surface area contributed by atoms with Crippen molar-refractivity contribution in [3.8, 4) is 0 Å². The quantitative estimate of drug-likeness (QED) is 0.0501. The van der Waals surface area contributed by atoms with E-state index in [4.69, 9.17) is 22.3 Å². The third-order valence-corrected chi connectivity index (χ3v) is 7.21. The van der Waals surface area contributed by atoms with Crippen molar-refractivity contribution in [2.24, 2.45) is 22.2 Å². The first kappa shape index (κ1) is 35.0. The van der Waals surface area contributed by atoms with Crippen LogP contribution in [-0.4, -0.2) is 81.5 Å². The van der Waals surface area contributed by atoms with Gasteiger partial charge < -0.3 is 48.3 Å². The Balaban J connectivity index is 1.84. The van der Waals surface area contributed by atoms with E-state index in [1.165, 1.54) is 0 Å². The van der Waals surface area contributed by atoms with E-state index in [0.717, 1.165) is 10.9 Å². The van der Waals surface area contributed by atoms with Crippen LogP contribution in [0.5, 0.6) is 0 Å². The zero-order valence-corrected chi connectivity index (χ0v) is 25.1. The van der Waals surface area contributed by atoms with Gasteiger partial charge in [0.15, 0.2) is 5.96 Å². The van der Waals surface area contributed by atoms with E-state index in [9.17, 15) is 29.1 Å². The number of carbonyl (C=O) groups excluding carboxylic acids is 3. The van der Waals surface area contributed by atoms with Gasteiger partial charge in [-0.3, -0.25) is 24.2 Å². The van der Waals surface area contributed by atoms with E-state index >= 15 is 0 Å². The number of aliphatic carboxylic acids is 2. The summed E-state index contributed by atoms with van der Waals surface area (Å²) in [5.41, 5.74) is 18.9. The van der Waals surface area contributed by atoms with Crippen molar-refractivity contribution in [3.05, 3.63) is 71.9 Å². The molecule has 0 aliphatic carbocycles. The maximum absolute atomic E-state index is 13.8. The van der Waals surface area contributed by atoms with Gasteiger partial charge in [0.1, 0.15) is 18.1 Å². The van der Waals surface area contributed by atoms with Crippen LogP contribution >= 0.6 is 0 Å². The van der Waals surface area contributed by atoms with Crippen molar-refractivity contribution >= 4 is 46.5 Å². The molecule has 0 fully saturated rings. The van der Waals surface area contributed by atoms with Gasteiger partial charge in [-0.1, -0.05) is 48.5 Å². The van der Waals surface area contributed by atoms with Crippen molar-refractivity contribution in [2.75, 3.05) is 6.54 Å². The second kappa shape index (κ2) is 17.2. The fourth-order valence-electron chi connectivity index (χ4n) is 4.79. The number of hydrogen-bond acceptors (Lipinski definition) is 7. The number of aromatic nitrogens is 1. The van der Waals surface area contributed by atoms with Crippen molar-refractivity contribution in [3.63, 3.8) is 0 Å². The average molecular weight is 637 g/mol. The Labute approximate surface area is 265 Å². The predicted molar refractivity (Wildman–Crippen MR) is 170 cm³/mol. The maximum Gasteiger partial charge on any atom is 0.326 e. The van der Waals surface area contributed by atoms with Crippen LogP contribution in [0, 0.1) is 0 Å². The number of aliphatic imine (C=N–C) groups is 1. The molecule has 0 bridgehead atoms. The summed E-state index contributed by atoms with van der Waals surface area (Å²) >= 11 is 0. The fourth-order valence-corrected chi connectivity index (χ4v) is 4.79. The highest BCUT2D eigenvalue weighted by atomic mass is 16.4. The molecule has 1 aromatic heterocycles. The number of guanidine groups is 1. The summed E-state index contributed by atoms with van der Waals surface area (Å²) in [6.07, 6.45) is 1.49. The normalized spacial score (nSPS) is 13.5. The summed E-state index contributed by atoms with van der Waals surface area (Å²) in [5.74, 6) is -4.78. The molecule has 0 saturated heterocycles. The van der Waals surface area contributed by atoms with Crippen LogP contribution in [0.1, 0.15) is 36.8 Å². The second-order valence-corrected chi connectivity index (χ2v) is 10.8. The fraction of sp³-hybridized carbons (Fsp3) is 0.355. The number of nitrogens with zero attached hydrogens (tertiary/aromatic N) is 1. The highest BCUT2D eigenvalue weighted by Gasteiger charge is 2.31. The van der Waals surface area contributed by atoms with E-state index in [0.29, 0.717) is 11.1 Å². The first-order valence-electron chi connectivity index (χ1n) is 14.7. The zero-order chi connectivity index (χ0) is 33.6. The molecule has 4 unspecified atom stereocenters. The Kier molecular flexibility index (Phi) is 13.1. The van der Waals surface area contributed by atoms with Gasteiger partial charge in [-0.2, -0.15) is 0 Å². The Morgan fingerprint density at radius 1 is 0.783 bits per heavy atom. The molecule has 15 heteroatoms. The van der Waals surface area contributed by atoms with Crippen LogP contribution in [0.3, 0.4) is 0 Å². The number of fused-ring (bicyclic) bond motifs is 1. The van der Waals surface area contributed by atoms with Crippen LogP contribution in [0.25, 0.3) is 10.9 Å². The van der Waals surface area contributed by atoms with E-state index in [1.54, 1.807) is 36.5 Å². The smallest absolute Gasteiger partial charge is 0.326 e. The molecule has 246 valence electrons. The van der Waals surface area contributed by atoms with Crippen LogP contribution in [0.2, 0.25) is 0 Å². The molecule has 2 aromatic carbocycles. The Morgan fingerprint density at radius 2 is 1.41 bits per heavy atom. The third kappa shape index (κ3) is 10.9. The number of hydrogen-bond donors (Lipinski definition) is 9. The zero-order valence-electron chi connectivity index (χ0n) is 25.1. The van der Waals surface area contributed by atoms with Crippen molar-refractivity contribution < 1.29 is 34.2 Å². The van der Waals surface area contributed by atoms with Gasteiger partial charge in [0.25, 0.3) is 0 Å². The SMILES string of the molecule is NC(N)=NCCCC(NC(=O)C(Cc1c[nH]c2ccccc12)NC(=O)C(N)CCC(=O)O)C(=O)NC(Cc1ccccc1)C(=O)O. The molecule has 15 nitrogen and oxygen atoms in total. The first-order chi connectivity index (χ1) is 21.9. The Morgan fingerprint density at radius 3 is 2.09 bits per heavy atom. The summed E-state index contributed by atoms with van der Waals surface area (Å²) in [6, 6.07) is 11.1. The monoisotopic (exact) mass is 636 g/mol. The van der Waals surface area contributed by atoms with Gasteiger partial charge in [-0.25, -0.2) is 4.79 Å². The molecule has 12 N–H and O–H groups in total.